The van der Waals surface area contributed by atoms with Gasteiger partial charge >= 0.3 is 0 Å². The molecule has 0 radical (unpaired) electrons. The van der Waals surface area contributed by atoms with Gasteiger partial charge in [0.2, 0.25) is 10.0 Å². The molecule has 29 heavy (non-hydrogen) atoms. The van der Waals surface area contributed by atoms with Crippen molar-refractivity contribution in [3.63, 3.8) is 0 Å². The summed E-state index contributed by atoms with van der Waals surface area (Å²) in [6, 6.07) is 10.6. The summed E-state index contributed by atoms with van der Waals surface area (Å²) in [7, 11) is -2.38. The summed E-state index contributed by atoms with van der Waals surface area (Å²) in [5.74, 6) is 0.294. The molecule has 3 rings (SSSR count). The molecule has 0 amide bonds. The number of ether oxygens (including phenoxy) is 1. The smallest absolute Gasteiger partial charge is 0.243 e. The molecule has 2 aromatic carbocycles. The normalized spacial score (nSPS) is 22.6. The van der Waals surface area contributed by atoms with Crippen LogP contribution in [0.1, 0.15) is 38.7 Å². The lowest BCUT2D eigenvalue weighted by molar-refractivity contribution is 0.153. The fourth-order valence-electron chi connectivity index (χ4n) is 4.01. The molecule has 4 nitrogen and oxygen atoms in total. The molecule has 1 saturated carbocycles. The van der Waals surface area contributed by atoms with Gasteiger partial charge < -0.3 is 4.74 Å². The average molecular weight is 440 g/mol. The number of benzene rings is 2. The molecule has 0 N–H and O–H groups in total. The quantitative estimate of drug-likeness (QED) is 0.596. The summed E-state index contributed by atoms with van der Waals surface area (Å²) in [5, 5.41) is 0.479. The van der Waals surface area contributed by atoms with Gasteiger partial charge in [-0.1, -0.05) is 37.9 Å². The standard InChI is InChI=1S/C22H27ClFNO3S/c1-15-4-5-16(2)21(12-15)25(14-17-6-11-22(28-3)20(24)13-17)29(26,27)19-9-7-18(23)8-10-19/h6-11,13,15-16,21H,4-5,12,14H2,1-3H3. The second kappa shape index (κ2) is 9.02. The highest BCUT2D eigenvalue weighted by atomic mass is 35.5. The monoisotopic (exact) mass is 439 g/mol. The molecule has 3 atom stereocenters. The number of rotatable bonds is 6. The SMILES string of the molecule is COc1ccc(CN(C2CC(C)CCC2C)S(=O)(=O)c2ccc(Cl)cc2)cc1F. The van der Waals surface area contributed by atoms with Crippen LogP contribution < -0.4 is 4.74 Å². The Morgan fingerprint density at radius 1 is 1.14 bits per heavy atom. The van der Waals surface area contributed by atoms with E-state index in [0.29, 0.717) is 16.5 Å². The number of hydrogen-bond donors (Lipinski definition) is 0. The summed E-state index contributed by atoms with van der Waals surface area (Å²) in [4.78, 5) is 0.196. The molecule has 0 bridgehead atoms. The van der Waals surface area contributed by atoms with Gasteiger partial charge in [-0.25, -0.2) is 12.8 Å². The van der Waals surface area contributed by atoms with Crippen LogP contribution in [0.5, 0.6) is 5.75 Å². The highest BCUT2D eigenvalue weighted by Crippen LogP contribution is 2.36. The molecule has 0 aromatic heterocycles. The lowest BCUT2D eigenvalue weighted by Crippen LogP contribution is -2.46. The van der Waals surface area contributed by atoms with Crippen LogP contribution in [0, 0.1) is 17.7 Å². The number of halogens is 2. The fraction of sp³-hybridized carbons (Fsp3) is 0.455. The van der Waals surface area contributed by atoms with Crippen LogP contribution in [-0.2, 0) is 16.6 Å². The Kier molecular flexibility index (Phi) is 6.87. The second-order valence-electron chi connectivity index (χ2n) is 7.94. The van der Waals surface area contributed by atoms with Crippen molar-refractivity contribution in [2.75, 3.05) is 7.11 Å². The molecule has 0 saturated heterocycles. The van der Waals surface area contributed by atoms with Crippen molar-refractivity contribution in [2.24, 2.45) is 11.8 Å². The van der Waals surface area contributed by atoms with E-state index < -0.39 is 15.8 Å². The predicted octanol–water partition coefficient (Wildman–Crippen LogP) is 5.50. The first-order valence-electron chi connectivity index (χ1n) is 9.82. The molecule has 1 aliphatic carbocycles. The van der Waals surface area contributed by atoms with Crippen LogP contribution in [0.25, 0.3) is 0 Å². The molecule has 0 heterocycles. The summed E-state index contributed by atoms with van der Waals surface area (Å²) >= 11 is 5.95. The molecule has 1 aliphatic rings. The highest BCUT2D eigenvalue weighted by Gasteiger charge is 2.37. The first-order valence-corrected chi connectivity index (χ1v) is 11.6. The van der Waals surface area contributed by atoms with E-state index in [9.17, 15) is 12.8 Å². The molecular weight excluding hydrogens is 413 g/mol. The first kappa shape index (κ1) is 22.1. The Bertz CT molecular complexity index is 949. The van der Waals surface area contributed by atoms with Crippen molar-refractivity contribution in [3.05, 3.63) is 58.9 Å². The maximum absolute atomic E-state index is 14.2. The average Bonchev–Trinajstić information content (AvgIpc) is 2.68. The highest BCUT2D eigenvalue weighted by molar-refractivity contribution is 7.89. The van der Waals surface area contributed by atoms with Gasteiger partial charge in [0.25, 0.3) is 0 Å². The van der Waals surface area contributed by atoms with Crippen LogP contribution in [0.4, 0.5) is 4.39 Å². The third-order valence-electron chi connectivity index (χ3n) is 5.76. The van der Waals surface area contributed by atoms with Crippen molar-refractivity contribution in [2.45, 2.75) is 50.6 Å². The van der Waals surface area contributed by atoms with Crippen LogP contribution in [-0.4, -0.2) is 25.9 Å². The molecule has 1 fully saturated rings. The van der Waals surface area contributed by atoms with Gasteiger partial charge in [0.15, 0.2) is 11.6 Å². The Morgan fingerprint density at radius 2 is 1.83 bits per heavy atom. The topological polar surface area (TPSA) is 46.6 Å². The Morgan fingerprint density at radius 3 is 2.45 bits per heavy atom. The Hall–Kier alpha value is -1.63. The number of methoxy groups -OCH3 is 1. The molecule has 0 spiro atoms. The van der Waals surface area contributed by atoms with Gasteiger partial charge in [-0.05, 0) is 66.6 Å². The number of hydrogen-bond acceptors (Lipinski definition) is 3. The molecule has 158 valence electrons. The van der Waals surface area contributed by atoms with E-state index in [-0.39, 0.29) is 29.1 Å². The lowest BCUT2D eigenvalue weighted by atomic mass is 9.80. The second-order valence-corrected chi connectivity index (χ2v) is 10.3. The number of nitrogens with zero attached hydrogens (tertiary/aromatic N) is 1. The van der Waals surface area contributed by atoms with Gasteiger partial charge in [-0.15, -0.1) is 0 Å². The van der Waals surface area contributed by atoms with E-state index in [1.807, 2.05) is 0 Å². The van der Waals surface area contributed by atoms with E-state index in [1.54, 1.807) is 18.2 Å². The van der Waals surface area contributed by atoms with Gasteiger partial charge in [-0.3, -0.25) is 0 Å². The third kappa shape index (κ3) is 4.93. The minimum absolute atomic E-state index is 0.105. The molecule has 2 aromatic rings. The zero-order chi connectivity index (χ0) is 21.2. The van der Waals surface area contributed by atoms with E-state index in [2.05, 4.69) is 13.8 Å². The van der Waals surface area contributed by atoms with Crippen molar-refractivity contribution < 1.29 is 17.5 Å². The predicted molar refractivity (Wildman–Crippen MR) is 113 cm³/mol. The van der Waals surface area contributed by atoms with Gasteiger partial charge in [0.05, 0.1) is 12.0 Å². The minimum Gasteiger partial charge on any atom is -0.494 e. The van der Waals surface area contributed by atoms with Crippen LogP contribution in [0.2, 0.25) is 5.02 Å². The molecule has 3 unspecified atom stereocenters. The number of sulfonamides is 1. The maximum Gasteiger partial charge on any atom is 0.243 e. The largest absolute Gasteiger partial charge is 0.494 e. The Balaban J connectivity index is 2.01. The zero-order valence-electron chi connectivity index (χ0n) is 16.9. The van der Waals surface area contributed by atoms with Crippen molar-refractivity contribution >= 4 is 21.6 Å². The maximum atomic E-state index is 14.2. The van der Waals surface area contributed by atoms with Crippen molar-refractivity contribution in [1.82, 2.24) is 4.31 Å². The third-order valence-corrected chi connectivity index (χ3v) is 7.90. The summed E-state index contributed by atoms with van der Waals surface area (Å²) in [6.07, 6.45) is 2.84. The fourth-order valence-corrected chi connectivity index (χ4v) is 5.86. The zero-order valence-corrected chi connectivity index (χ0v) is 18.5. The lowest BCUT2D eigenvalue weighted by Gasteiger charge is -2.40. The molecule has 7 heteroatoms. The molecular formula is C22H27ClFNO3S. The summed E-state index contributed by atoms with van der Waals surface area (Å²) in [6.45, 7) is 4.35. The van der Waals surface area contributed by atoms with Gasteiger partial charge in [-0.2, -0.15) is 4.31 Å². The van der Waals surface area contributed by atoms with E-state index in [4.69, 9.17) is 16.3 Å². The van der Waals surface area contributed by atoms with E-state index in [1.165, 1.54) is 35.7 Å². The van der Waals surface area contributed by atoms with E-state index in [0.717, 1.165) is 19.3 Å². The van der Waals surface area contributed by atoms with Gasteiger partial charge in [0, 0.05) is 17.6 Å². The van der Waals surface area contributed by atoms with Crippen LogP contribution in [0.15, 0.2) is 47.4 Å². The Labute approximate surface area is 177 Å². The first-order chi connectivity index (χ1) is 13.7. The van der Waals surface area contributed by atoms with Crippen molar-refractivity contribution in [1.29, 1.82) is 0 Å². The van der Waals surface area contributed by atoms with Gasteiger partial charge in [0.1, 0.15) is 0 Å². The summed E-state index contributed by atoms with van der Waals surface area (Å²) < 4.78 is 47.9. The van der Waals surface area contributed by atoms with E-state index >= 15 is 0 Å². The minimum atomic E-state index is -3.78. The van der Waals surface area contributed by atoms with Crippen LogP contribution >= 0.6 is 11.6 Å². The van der Waals surface area contributed by atoms with Crippen LogP contribution in [0.3, 0.4) is 0 Å². The van der Waals surface area contributed by atoms with Crippen molar-refractivity contribution in [3.8, 4) is 5.75 Å². The summed E-state index contributed by atoms with van der Waals surface area (Å²) in [5.41, 5.74) is 0.589. The molecule has 0 aliphatic heterocycles.